The second kappa shape index (κ2) is 5.14. The average Bonchev–Trinajstić information content (AvgIpc) is 2.31. The normalized spacial score (nSPS) is 25.1. The molecule has 0 spiro atoms. The number of nitrogens with two attached hydrogens (primary N) is 1. The van der Waals surface area contributed by atoms with Crippen molar-refractivity contribution in [2.24, 2.45) is 5.73 Å². The molecular formula is C12H16BrN3O. The lowest BCUT2D eigenvalue weighted by Crippen LogP contribution is -2.48. The molecule has 0 radical (unpaired) electrons. The van der Waals surface area contributed by atoms with Crippen LogP contribution >= 0.6 is 15.9 Å². The van der Waals surface area contributed by atoms with Crippen LogP contribution in [-0.2, 0) is 4.79 Å². The largest absolute Gasteiger partial charge is 0.334 e. The van der Waals surface area contributed by atoms with Gasteiger partial charge in [-0.15, -0.1) is 0 Å². The van der Waals surface area contributed by atoms with Crippen LogP contribution in [0.4, 0.5) is 0 Å². The third kappa shape index (κ3) is 2.50. The Kier molecular flexibility index (Phi) is 3.79. The number of aromatic nitrogens is 1. The number of carbonyl (C=O) groups excluding carboxylic acids is 1. The molecule has 4 nitrogen and oxygen atoms in total. The van der Waals surface area contributed by atoms with Gasteiger partial charge in [-0.25, -0.2) is 0 Å². The quantitative estimate of drug-likeness (QED) is 0.906. The van der Waals surface area contributed by atoms with E-state index in [-0.39, 0.29) is 18.0 Å². The standard InChI is InChI=1S/C12H16BrN3O/c1-2-16-11(17)4-3-10(14)12(16)8-5-9(13)7-15-6-8/h5-7,10,12H,2-4,14H2,1H3. The molecule has 0 saturated carbocycles. The number of hydrogen-bond acceptors (Lipinski definition) is 3. The monoisotopic (exact) mass is 297 g/mol. The van der Waals surface area contributed by atoms with E-state index in [1.165, 1.54) is 0 Å². The van der Waals surface area contributed by atoms with E-state index < -0.39 is 0 Å². The zero-order chi connectivity index (χ0) is 12.4. The summed E-state index contributed by atoms with van der Waals surface area (Å²) in [7, 11) is 0. The van der Waals surface area contributed by atoms with Crippen molar-refractivity contribution < 1.29 is 4.79 Å². The van der Waals surface area contributed by atoms with Gasteiger partial charge in [-0.05, 0) is 40.9 Å². The average molecular weight is 298 g/mol. The number of carbonyl (C=O) groups is 1. The summed E-state index contributed by atoms with van der Waals surface area (Å²) in [5.74, 6) is 0.180. The summed E-state index contributed by atoms with van der Waals surface area (Å²) in [6.45, 7) is 2.66. The Hall–Kier alpha value is -0.940. The summed E-state index contributed by atoms with van der Waals surface area (Å²) in [6, 6.07) is 1.92. The van der Waals surface area contributed by atoms with Crippen LogP contribution in [0.5, 0.6) is 0 Å². The van der Waals surface area contributed by atoms with E-state index in [0.29, 0.717) is 13.0 Å². The van der Waals surface area contributed by atoms with Gasteiger partial charge in [0.25, 0.3) is 0 Å². The second-order valence-electron chi connectivity index (χ2n) is 4.26. The van der Waals surface area contributed by atoms with Gasteiger partial charge in [0.2, 0.25) is 5.91 Å². The van der Waals surface area contributed by atoms with E-state index in [9.17, 15) is 4.79 Å². The third-order valence-corrected chi connectivity index (χ3v) is 3.60. The van der Waals surface area contributed by atoms with Gasteiger partial charge in [0.1, 0.15) is 0 Å². The first-order chi connectivity index (χ1) is 8.13. The molecule has 1 aliphatic heterocycles. The molecule has 92 valence electrons. The van der Waals surface area contributed by atoms with Crippen molar-refractivity contribution >= 4 is 21.8 Å². The fourth-order valence-corrected chi connectivity index (χ4v) is 2.75. The molecule has 2 N–H and O–H groups in total. The fourth-order valence-electron chi connectivity index (χ4n) is 2.37. The molecule has 1 fully saturated rings. The molecule has 1 saturated heterocycles. The first-order valence-electron chi connectivity index (χ1n) is 5.79. The molecule has 2 atom stereocenters. The molecule has 2 unspecified atom stereocenters. The number of hydrogen-bond donors (Lipinski definition) is 1. The number of rotatable bonds is 2. The Morgan fingerprint density at radius 1 is 1.59 bits per heavy atom. The minimum atomic E-state index is -0.0498. The maximum Gasteiger partial charge on any atom is 0.223 e. The highest BCUT2D eigenvalue weighted by Crippen LogP contribution is 2.31. The van der Waals surface area contributed by atoms with Crippen LogP contribution in [0, 0.1) is 0 Å². The molecule has 1 amide bonds. The van der Waals surface area contributed by atoms with Crippen LogP contribution in [0.25, 0.3) is 0 Å². The Labute approximate surface area is 109 Å². The first kappa shape index (κ1) is 12.5. The maximum absolute atomic E-state index is 11.9. The summed E-state index contributed by atoms with van der Waals surface area (Å²) in [5, 5.41) is 0. The molecule has 17 heavy (non-hydrogen) atoms. The van der Waals surface area contributed by atoms with Crippen molar-refractivity contribution in [2.75, 3.05) is 6.54 Å². The first-order valence-corrected chi connectivity index (χ1v) is 6.58. The predicted octanol–water partition coefficient (Wildman–Crippen LogP) is 1.85. The van der Waals surface area contributed by atoms with Crippen LogP contribution < -0.4 is 5.73 Å². The van der Waals surface area contributed by atoms with Gasteiger partial charge in [-0.1, -0.05) is 0 Å². The summed E-state index contributed by atoms with van der Waals surface area (Å²) in [4.78, 5) is 17.9. The minimum absolute atomic E-state index is 0.0104. The number of amides is 1. The topological polar surface area (TPSA) is 59.2 Å². The van der Waals surface area contributed by atoms with Crippen LogP contribution in [-0.4, -0.2) is 28.4 Å². The smallest absolute Gasteiger partial charge is 0.223 e. The molecule has 5 heteroatoms. The highest BCUT2D eigenvalue weighted by Gasteiger charge is 2.34. The number of likely N-dealkylation sites (N-methyl/N-ethyl adjacent to an activating group) is 1. The van der Waals surface area contributed by atoms with Crippen LogP contribution in [0.2, 0.25) is 0 Å². The summed E-state index contributed by atoms with van der Waals surface area (Å²) < 4.78 is 0.913. The lowest BCUT2D eigenvalue weighted by Gasteiger charge is -2.39. The van der Waals surface area contributed by atoms with Crippen molar-refractivity contribution in [3.8, 4) is 0 Å². The molecule has 0 aromatic carbocycles. The van der Waals surface area contributed by atoms with Crippen molar-refractivity contribution in [3.05, 3.63) is 28.5 Å². The molecular weight excluding hydrogens is 282 g/mol. The molecule has 0 aliphatic carbocycles. The molecule has 0 bridgehead atoms. The van der Waals surface area contributed by atoms with E-state index >= 15 is 0 Å². The van der Waals surface area contributed by atoms with Gasteiger partial charge in [-0.3, -0.25) is 9.78 Å². The Balaban J connectivity index is 2.35. The SMILES string of the molecule is CCN1C(=O)CCC(N)C1c1cncc(Br)c1. The van der Waals surface area contributed by atoms with Gasteiger partial charge < -0.3 is 10.6 Å². The number of piperidine rings is 1. The van der Waals surface area contributed by atoms with Gasteiger partial charge in [0.05, 0.1) is 6.04 Å². The van der Waals surface area contributed by atoms with E-state index in [4.69, 9.17) is 5.73 Å². The molecule has 2 heterocycles. The predicted molar refractivity (Wildman–Crippen MR) is 69.3 cm³/mol. The molecule has 1 aliphatic rings. The number of halogens is 1. The van der Waals surface area contributed by atoms with Gasteiger partial charge in [0, 0.05) is 35.9 Å². The fraction of sp³-hybridized carbons (Fsp3) is 0.500. The maximum atomic E-state index is 11.9. The van der Waals surface area contributed by atoms with Crippen molar-refractivity contribution in [1.29, 1.82) is 0 Å². The zero-order valence-electron chi connectivity index (χ0n) is 9.77. The van der Waals surface area contributed by atoms with Crippen LogP contribution in [0.1, 0.15) is 31.4 Å². The lowest BCUT2D eigenvalue weighted by molar-refractivity contribution is -0.137. The van der Waals surface area contributed by atoms with Crippen molar-refractivity contribution in [3.63, 3.8) is 0 Å². The van der Waals surface area contributed by atoms with E-state index in [0.717, 1.165) is 16.5 Å². The Morgan fingerprint density at radius 2 is 2.35 bits per heavy atom. The number of likely N-dealkylation sites (tertiary alicyclic amines) is 1. The summed E-state index contributed by atoms with van der Waals surface area (Å²) in [6.07, 6.45) is 4.81. The number of nitrogens with zero attached hydrogens (tertiary/aromatic N) is 2. The second-order valence-corrected chi connectivity index (χ2v) is 5.18. The van der Waals surface area contributed by atoms with Crippen LogP contribution in [0.15, 0.2) is 22.9 Å². The Morgan fingerprint density at radius 3 is 3.00 bits per heavy atom. The van der Waals surface area contributed by atoms with E-state index in [1.54, 1.807) is 12.4 Å². The van der Waals surface area contributed by atoms with Crippen LogP contribution in [0.3, 0.4) is 0 Å². The summed E-state index contributed by atoms with van der Waals surface area (Å²) in [5.41, 5.74) is 7.15. The summed E-state index contributed by atoms with van der Waals surface area (Å²) >= 11 is 3.40. The molecule has 1 aromatic rings. The highest BCUT2D eigenvalue weighted by molar-refractivity contribution is 9.10. The Bertz CT molecular complexity index is 424. The van der Waals surface area contributed by atoms with E-state index in [1.807, 2.05) is 17.9 Å². The zero-order valence-corrected chi connectivity index (χ0v) is 11.4. The van der Waals surface area contributed by atoms with Gasteiger partial charge >= 0.3 is 0 Å². The van der Waals surface area contributed by atoms with Gasteiger partial charge in [-0.2, -0.15) is 0 Å². The lowest BCUT2D eigenvalue weighted by atomic mass is 9.91. The van der Waals surface area contributed by atoms with Crippen molar-refractivity contribution in [1.82, 2.24) is 9.88 Å². The van der Waals surface area contributed by atoms with E-state index in [2.05, 4.69) is 20.9 Å². The minimum Gasteiger partial charge on any atom is -0.334 e. The highest BCUT2D eigenvalue weighted by atomic mass is 79.9. The third-order valence-electron chi connectivity index (χ3n) is 3.16. The van der Waals surface area contributed by atoms with Gasteiger partial charge in [0.15, 0.2) is 0 Å². The number of pyridine rings is 1. The molecule has 2 rings (SSSR count). The molecule has 1 aromatic heterocycles. The van der Waals surface area contributed by atoms with Crippen molar-refractivity contribution in [2.45, 2.75) is 31.8 Å².